The highest BCUT2D eigenvalue weighted by molar-refractivity contribution is 6.89. The van der Waals surface area contributed by atoms with Crippen molar-refractivity contribution in [1.29, 1.82) is 0 Å². The third kappa shape index (κ3) is 19.8. The van der Waals surface area contributed by atoms with Gasteiger partial charge in [-0.25, -0.2) is 0 Å². The van der Waals surface area contributed by atoms with Crippen LogP contribution >= 0.6 is 0 Å². The Morgan fingerprint density at radius 1 is 0.679 bits per heavy atom. The van der Waals surface area contributed by atoms with Gasteiger partial charge in [0.2, 0.25) is 0 Å². The first kappa shape index (κ1) is 30.7. The molecular formula is C14H42O8Si6. The monoisotopic (exact) mass is 506 g/mol. The van der Waals surface area contributed by atoms with Crippen molar-refractivity contribution >= 4 is 57.8 Å². The number of carboxylic acid groups (broad SMARTS) is 1. The Morgan fingerprint density at radius 2 is 0.929 bits per heavy atom. The van der Waals surface area contributed by atoms with Crippen LogP contribution in [0.4, 0.5) is 0 Å². The Bertz CT molecular complexity index is 487. The zero-order valence-electron chi connectivity index (χ0n) is 19.9. The second-order valence-electron chi connectivity index (χ2n) is 9.14. The average Bonchev–Trinajstić information content (AvgIpc) is 2.13. The molecule has 0 rings (SSSR count). The average molecular weight is 507 g/mol. The first-order chi connectivity index (χ1) is 12.0. The fourth-order valence-corrected chi connectivity index (χ4v) is 28.8. The molecule has 0 saturated heterocycles. The summed E-state index contributed by atoms with van der Waals surface area (Å²) in [6.45, 7) is 25.1. The first-order valence-corrected chi connectivity index (χ1v) is 26.3. The molecule has 0 bridgehead atoms. The SMILES string of the molecule is CC(=O)O.C[SiH](C)O[Si](C)(C)O[Si](C)(C)O[Si](C)(C)O[Si](C)(C)O[Si](C)(C)O. The van der Waals surface area contributed by atoms with Gasteiger partial charge in [0, 0.05) is 6.92 Å². The number of carboxylic acids is 1. The molecule has 8 nitrogen and oxygen atoms in total. The van der Waals surface area contributed by atoms with Crippen molar-refractivity contribution in [3.63, 3.8) is 0 Å². The fraction of sp³-hybridized carbons (Fsp3) is 0.929. The zero-order valence-corrected chi connectivity index (χ0v) is 26.1. The van der Waals surface area contributed by atoms with Crippen molar-refractivity contribution in [2.45, 2.75) is 85.5 Å². The van der Waals surface area contributed by atoms with Crippen LogP contribution in [0.5, 0.6) is 0 Å². The lowest BCUT2D eigenvalue weighted by Crippen LogP contribution is -2.59. The minimum Gasteiger partial charge on any atom is -0.481 e. The number of hydrogen-bond acceptors (Lipinski definition) is 7. The van der Waals surface area contributed by atoms with Gasteiger partial charge >= 0.3 is 42.8 Å². The number of hydrogen-bond donors (Lipinski definition) is 2. The molecule has 0 aliphatic carbocycles. The van der Waals surface area contributed by atoms with Crippen LogP contribution in [0.1, 0.15) is 6.92 Å². The second-order valence-corrected chi connectivity index (χ2v) is 29.5. The molecule has 0 heterocycles. The molecule has 0 aromatic carbocycles. The maximum absolute atomic E-state index is 10.0. The van der Waals surface area contributed by atoms with E-state index >= 15 is 0 Å². The van der Waals surface area contributed by atoms with Gasteiger partial charge in [-0.2, -0.15) is 0 Å². The van der Waals surface area contributed by atoms with Crippen molar-refractivity contribution in [3.05, 3.63) is 0 Å². The van der Waals surface area contributed by atoms with Crippen molar-refractivity contribution in [2.75, 3.05) is 0 Å². The van der Waals surface area contributed by atoms with Crippen molar-refractivity contribution in [2.24, 2.45) is 0 Å². The predicted octanol–water partition coefficient (Wildman–Crippen LogP) is 3.65. The molecule has 0 unspecified atom stereocenters. The second kappa shape index (κ2) is 11.2. The summed E-state index contributed by atoms with van der Waals surface area (Å²) in [6, 6.07) is 0. The summed E-state index contributed by atoms with van der Waals surface area (Å²) in [5, 5.41) is 7.42. The lowest BCUT2D eigenvalue weighted by atomic mass is 10.9. The van der Waals surface area contributed by atoms with Gasteiger partial charge in [0.1, 0.15) is 0 Å². The number of carbonyl (C=O) groups is 1. The van der Waals surface area contributed by atoms with Crippen molar-refractivity contribution in [1.82, 2.24) is 0 Å². The standard InChI is InChI=1S/C12H38O6Si6.C2H4O2/c1-19(2)14-21(5,6)16-23(9,10)18-24(11,12)17-22(7,8)15-20(3,4)13;1-2(3)4/h13,19H,1-12H3;1H3,(H,3,4). The Labute approximate surface area is 178 Å². The molecule has 28 heavy (non-hydrogen) atoms. The normalized spacial score (nSPS) is 14.0. The molecule has 0 aromatic rings. The maximum Gasteiger partial charge on any atom is 0.320 e. The zero-order chi connectivity index (χ0) is 23.2. The molecule has 0 aliphatic heterocycles. The van der Waals surface area contributed by atoms with E-state index in [1.165, 1.54) is 0 Å². The van der Waals surface area contributed by atoms with Gasteiger partial charge in [-0.1, -0.05) is 0 Å². The maximum atomic E-state index is 10.0. The summed E-state index contributed by atoms with van der Waals surface area (Å²) in [5.41, 5.74) is 0. The highest BCUT2D eigenvalue weighted by Gasteiger charge is 2.46. The van der Waals surface area contributed by atoms with Gasteiger partial charge in [-0.3, -0.25) is 4.79 Å². The molecule has 0 spiro atoms. The van der Waals surface area contributed by atoms with E-state index in [1.54, 1.807) is 13.1 Å². The van der Waals surface area contributed by atoms with Gasteiger partial charge in [0.15, 0.2) is 9.04 Å². The third-order valence-corrected chi connectivity index (χ3v) is 22.4. The van der Waals surface area contributed by atoms with Crippen LogP contribution in [0.15, 0.2) is 0 Å². The van der Waals surface area contributed by atoms with Gasteiger partial charge in [-0.15, -0.1) is 0 Å². The molecule has 0 aromatic heterocycles. The summed E-state index contributed by atoms with van der Waals surface area (Å²) in [5.74, 6) is -0.833. The van der Waals surface area contributed by atoms with Gasteiger partial charge < -0.3 is 30.5 Å². The Balaban J connectivity index is 0. The van der Waals surface area contributed by atoms with Crippen LogP contribution in [0.3, 0.4) is 0 Å². The molecule has 0 fully saturated rings. The summed E-state index contributed by atoms with van der Waals surface area (Å²) in [6.07, 6.45) is 0. The van der Waals surface area contributed by atoms with E-state index in [0.29, 0.717) is 0 Å². The van der Waals surface area contributed by atoms with E-state index in [0.717, 1.165) is 6.92 Å². The van der Waals surface area contributed by atoms with E-state index in [4.69, 9.17) is 30.5 Å². The van der Waals surface area contributed by atoms with Crippen molar-refractivity contribution in [3.8, 4) is 0 Å². The summed E-state index contributed by atoms with van der Waals surface area (Å²) < 4.78 is 31.0. The molecular weight excluding hydrogens is 465 g/mol. The fourth-order valence-electron chi connectivity index (χ4n) is 3.03. The van der Waals surface area contributed by atoms with Crippen LogP contribution in [0.2, 0.25) is 78.6 Å². The molecule has 0 amide bonds. The first-order valence-electron chi connectivity index (χ1n) is 9.38. The molecule has 0 saturated carbocycles. The van der Waals surface area contributed by atoms with E-state index < -0.39 is 57.8 Å². The Kier molecular flexibility index (Phi) is 12.3. The van der Waals surface area contributed by atoms with Crippen molar-refractivity contribution < 1.29 is 35.3 Å². The number of aliphatic carboxylic acids is 1. The highest BCUT2D eigenvalue weighted by atomic mass is 28.5. The van der Waals surface area contributed by atoms with E-state index in [2.05, 4.69) is 26.2 Å². The topological polar surface area (TPSA) is 104 Å². The molecule has 0 atom stereocenters. The van der Waals surface area contributed by atoms with E-state index in [1.807, 2.05) is 39.3 Å². The molecule has 2 N–H and O–H groups in total. The smallest absolute Gasteiger partial charge is 0.320 e. The molecule has 0 aliphatic rings. The molecule has 0 radical (unpaired) electrons. The summed E-state index contributed by atoms with van der Waals surface area (Å²) >= 11 is 0. The quantitative estimate of drug-likeness (QED) is 0.433. The van der Waals surface area contributed by atoms with E-state index in [9.17, 15) is 4.80 Å². The highest BCUT2D eigenvalue weighted by Crippen LogP contribution is 2.25. The minimum absolute atomic E-state index is 0.833. The minimum atomic E-state index is -2.63. The van der Waals surface area contributed by atoms with Crippen LogP contribution < -0.4 is 0 Å². The van der Waals surface area contributed by atoms with E-state index in [-0.39, 0.29) is 0 Å². The molecule has 170 valence electrons. The van der Waals surface area contributed by atoms with Gasteiger partial charge in [0.25, 0.3) is 5.97 Å². The lowest BCUT2D eigenvalue weighted by molar-refractivity contribution is -0.134. The predicted molar refractivity (Wildman–Crippen MR) is 127 cm³/mol. The third-order valence-electron chi connectivity index (χ3n) is 2.49. The van der Waals surface area contributed by atoms with Crippen LogP contribution in [0, 0.1) is 0 Å². The Morgan fingerprint density at radius 3 is 1.18 bits per heavy atom. The summed E-state index contributed by atoms with van der Waals surface area (Å²) in [7, 11) is -13.3. The van der Waals surface area contributed by atoms with Crippen LogP contribution in [0.25, 0.3) is 0 Å². The molecule has 14 heteroatoms. The lowest BCUT2D eigenvalue weighted by Gasteiger charge is -2.41. The number of rotatable bonds is 10. The van der Waals surface area contributed by atoms with Gasteiger partial charge in [0.05, 0.1) is 0 Å². The Hall–Kier alpha value is 0.531. The van der Waals surface area contributed by atoms with Crippen LogP contribution in [-0.2, 0) is 25.4 Å². The largest absolute Gasteiger partial charge is 0.481 e. The summed E-state index contributed by atoms with van der Waals surface area (Å²) in [4.78, 5) is 19.0. The van der Waals surface area contributed by atoms with Crippen LogP contribution in [-0.4, -0.2) is 67.7 Å². The van der Waals surface area contributed by atoms with Gasteiger partial charge in [-0.05, 0) is 78.6 Å².